The van der Waals surface area contributed by atoms with Gasteiger partial charge in [0.05, 0.1) is 32.0 Å². The summed E-state index contributed by atoms with van der Waals surface area (Å²) in [4.78, 5) is 14.1. The fraction of sp³-hybridized carbons (Fsp3) is 0.650. The summed E-state index contributed by atoms with van der Waals surface area (Å²) >= 11 is 0. The Morgan fingerprint density at radius 2 is 1.92 bits per heavy atom. The molecule has 6 heteroatoms. The van der Waals surface area contributed by atoms with E-state index < -0.39 is 8.07 Å². The van der Waals surface area contributed by atoms with Crippen molar-refractivity contribution in [3.8, 4) is 0 Å². The van der Waals surface area contributed by atoms with Gasteiger partial charge in [0.25, 0.3) is 0 Å². The van der Waals surface area contributed by atoms with Crippen LogP contribution in [0, 0.1) is 0 Å². The minimum absolute atomic E-state index is 0.0332. The van der Waals surface area contributed by atoms with Crippen molar-refractivity contribution >= 4 is 14.2 Å². The Kier molecular flexibility index (Phi) is 8.12. The van der Waals surface area contributed by atoms with E-state index in [1.54, 1.807) is 4.90 Å². The molecule has 2 atom stereocenters. The number of nitrogens with zero attached hydrogens (tertiary/aromatic N) is 1. The number of rotatable bonds is 7. The fourth-order valence-corrected chi connectivity index (χ4v) is 3.77. The molecule has 26 heavy (non-hydrogen) atoms. The Hall–Kier alpha value is -1.37. The predicted octanol–water partition coefficient (Wildman–Crippen LogP) is 3.89. The average Bonchev–Trinajstić information content (AvgIpc) is 2.81. The number of aliphatic hydroxyl groups excluding tert-OH is 1. The smallest absolute Gasteiger partial charge is 0.410 e. The molecule has 1 aliphatic heterocycles. The maximum Gasteiger partial charge on any atom is 0.410 e. The van der Waals surface area contributed by atoms with Crippen LogP contribution < -0.4 is 0 Å². The molecule has 0 saturated carbocycles. The maximum absolute atomic E-state index is 12.5. The minimum Gasteiger partial charge on any atom is -0.450 e. The molecule has 1 aromatic carbocycles. The first-order valence-electron chi connectivity index (χ1n) is 9.59. The molecule has 0 spiro atoms. The van der Waals surface area contributed by atoms with Gasteiger partial charge in [-0.2, -0.15) is 0 Å². The first-order chi connectivity index (χ1) is 12.4. The molecule has 1 aromatic rings. The van der Waals surface area contributed by atoms with Gasteiger partial charge < -0.3 is 19.5 Å². The van der Waals surface area contributed by atoms with E-state index in [4.69, 9.17) is 9.47 Å². The van der Waals surface area contributed by atoms with E-state index in [1.807, 2.05) is 18.2 Å². The zero-order chi connectivity index (χ0) is 19.0. The van der Waals surface area contributed by atoms with Crippen molar-refractivity contribution in [3.63, 3.8) is 0 Å². The number of likely N-dealkylation sites (tertiary alicyclic amines) is 1. The third-order valence-corrected chi connectivity index (χ3v) is 6.51. The molecule has 1 amide bonds. The SMILES string of the molecule is C[Si](C)(C)CCOC(=O)N1CCC(OCc2ccccc2)CC[C@@H]1CO. The van der Waals surface area contributed by atoms with Crippen molar-refractivity contribution < 1.29 is 19.4 Å². The third kappa shape index (κ3) is 7.09. The van der Waals surface area contributed by atoms with Crippen molar-refractivity contribution in [1.82, 2.24) is 4.90 Å². The largest absolute Gasteiger partial charge is 0.450 e. The van der Waals surface area contributed by atoms with E-state index in [9.17, 15) is 9.90 Å². The molecule has 2 rings (SSSR count). The zero-order valence-corrected chi connectivity index (χ0v) is 17.3. The molecule has 0 bridgehead atoms. The summed E-state index contributed by atoms with van der Waals surface area (Å²) < 4.78 is 11.5. The van der Waals surface area contributed by atoms with Crippen LogP contribution in [-0.2, 0) is 16.1 Å². The molecule has 0 radical (unpaired) electrons. The molecule has 1 unspecified atom stereocenters. The molecule has 1 N–H and O–H groups in total. The highest BCUT2D eigenvalue weighted by atomic mass is 28.3. The second-order valence-electron chi connectivity index (χ2n) is 8.24. The van der Waals surface area contributed by atoms with Crippen LogP contribution >= 0.6 is 0 Å². The lowest BCUT2D eigenvalue weighted by Crippen LogP contribution is -2.42. The van der Waals surface area contributed by atoms with Crippen molar-refractivity contribution in [2.24, 2.45) is 0 Å². The van der Waals surface area contributed by atoms with Gasteiger partial charge >= 0.3 is 6.09 Å². The van der Waals surface area contributed by atoms with Crippen LogP contribution in [0.4, 0.5) is 4.79 Å². The molecule has 0 aliphatic carbocycles. The normalized spacial score (nSPS) is 21.3. The van der Waals surface area contributed by atoms with Gasteiger partial charge in [0, 0.05) is 14.6 Å². The second kappa shape index (κ2) is 10.1. The first kappa shape index (κ1) is 20.9. The number of benzene rings is 1. The first-order valence-corrected chi connectivity index (χ1v) is 13.3. The molecule has 5 nitrogen and oxygen atoms in total. The summed E-state index contributed by atoms with van der Waals surface area (Å²) in [6.45, 7) is 8.37. The monoisotopic (exact) mass is 379 g/mol. The standard InChI is InChI=1S/C20H33NO4Si/c1-26(2,3)14-13-24-20(23)21-12-11-19(10-9-18(21)15-22)25-16-17-7-5-4-6-8-17/h4-8,18-19,22H,9-16H2,1-3H3/t18-,19?/m1/s1. The Balaban J connectivity index is 1.84. The number of aliphatic hydroxyl groups is 1. The van der Waals surface area contributed by atoms with Crippen molar-refractivity contribution in [2.45, 2.75) is 63.7 Å². The third-order valence-electron chi connectivity index (χ3n) is 4.81. The van der Waals surface area contributed by atoms with Gasteiger partial charge in [-0.1, -0.05) is 50.0 Å². The maximum atomic E-state index is 12.5. The van der Waals surface area contributed by atoms with Crippen LogP contribution in [0.5, 0.6) is 0 Å². The number of hydrogen-bond donors (Lipinski definition) is 1. The summed E-state index contributed by atoms with van der Waals surface area (Å²) in [6, 6.07) is 10.9. The molecule has 1 heterocycles. The Bertz CT molecular complexity index is 546. The Morgan fingerprint density at radius 3 is 2.58 bits per heavy atom. The molecular weight excluding hydrogens is 346 g/mol. The van der Waals surface area contributed by atoms with Gasteiger partial charge in [0.15, 0.2) is 0 Å². The fourth-order valence-electron chi connectivity index (χ4n) is 3.06. The topological polar surface area (TPSA) is 59.0 Å². The van der Waals surface area contributed by atoms with Crippen LogP contribution in [0.25, 0.3) is 0 Å². The molecule has 1 fully saturated rings. The van der Waals surface area contributed by atoms with Crippen molar-refractivity contribution in [1.29, 1.82) is 0 Å². The van der Waals surface area contributed by atoms with E-state index in [1.165, 1.54) is 0 Å². The highest BCUT2D eigenvalue weighted by Gasteiger charge is 2.30. The lowest BCUT2D eigenvalue weighted by Gasteiger charge is -2.28. The van der Waals surface area contributed by atoms with Crippen LogP contribution in [0.3, 0.4) is 0 Å². The number of ether oxygens (including phenoxy) is 2. The Labute approximate surface area is 158 Å². The second-order valence-corrected chi connectivity index (χ2v) is 13.9. The highest BCUT2D eigenvalue weighted by Crippen LogP contribution is 2.21. The van der Waals surface area contributed by atoms with E-state index in [-0.39, 0.29) is 24.8 Å². The summed E-state index contributed by atoms with van der Waals surface area (Å²) in [7, 11) is -1.23. The average molecular weight is 380 g/mol. The van der Waals surface area contributed by atoms with E-state index in [0.717, 1.165) is 30.9 Å². The highest BCUT2D eigenvalue weighted by molar-refractivity contribution is 6.76. The summed E-state index contributed by atoms with van der Waals surface area (Å²) in [5.74, 6) is 0. The number of carbonyl (C=O) groups excluding carboxylic acids is 1. The van der Waals surface area contributed by atoms with Gasteiger partial charge in [-0.15, -0.1) is 0 Å². The van der Waals surface area contributed by atoms with Crippen molar-refractivity contribution in [3.05, 3.63) is 35.9 Å². The number of hydrogen-bond acceptors (Lipinski definition) is 4. The predicted molar refractivity (Wildman–Crippen MR) is 106 cm³/mol. The number of carbonyl (C=O) groups is 1. The quantitative estimate of drug-likeness (QED) is 0.730. The molecule has 146 valence electrons. The van der Waals surface area contributed by atoms with E-state index >= 15 is 0 Å². The number of amides is 1. The van der Waals surface area contributed by atoms with Gasteiger partial charge in [-0.25, -0.2) is 4.79 Å². The van der Waals surface area contributed by atoms with Gasteiger partial charge in [-0.05, 0) is 30.9 Å². The summed E-state index contributed by atoms with van der Waals surface area (Å²) in [5.41, 5.74) is 1.15. The zero-order valence-electron chi connectivity index (χ0n) is 16.3. The lowest BCUT2D eigenvalue weighted by molar-refractivity contribution is 0.0309. The van der Waals surface area contributed by atoms with Crippen LogP contribution in [-0.4, -0.2) is 56.1 Å². The van der Waals surface area contributed by atoms with Crippen molar-refractivity contribution in [2.75, 3.05) is 19.8 Å². The van der Waals surface area contributed by atoms with Crippen LogP contribution in [0.15, 0.2) is 30.3 Å². The minimum atomic E-state index is -1.23. The van der Waals surface area contributed by atoms with Gasteiger partial charge in [0.1, 0.15) is 0 Å². The van der Waals surface area contributed by atoms with Gasteiger partial charge in [0.2, 0.25) is 0 Å². The lowest BCUT2D eigenvalue weighted by atomic mass is 10.1. The summed E-state index contributed by atoms with van der Waals surface area (Å²) in [5, 5.41) is 9.70. The Morgan fingerprint density at radius 1 is 1.19 bits per heavy atom. The molecule has 1 saturated heterocycles. The molecular formula is C20H33NO4Si. The molecule has 0 aromatic heterocycles. The van der Waals surface area contributed by atoms with E-state index in [0.29, 0.717) is 19.8 Å². The van der Waals surface area contributed by atoms with Crippen LogP contribution in [0.2, 0.25) is 25.7 Å². The summed E-state index contributed by atoms with van der Waals surface area (Å²) in [6.07, 6.45) is 2.15. The molecule has 1 aliphatic rings. The van der Waals surface area contributed by atoms with Crippen LogP contribution in [0.1, 0.15) is 24.8 Å². The van der Waals surface area contributed by atoms with E-state index in [2.05, 4.69) is 31.8 Å². The van der Waals surface area contributed by atoms with Gasteiger partial charge in [-0.3, -0.25) is 0 Å².